The fourth-order valence-electron chi connectivity index (χ4n) is 4.85. The van der Waals surface area contributed by atoms with Gasteiger partial charge in [-0.05, 0) is 80.8 Å². The van der Waals surface area contributed by atoms with Crippen LogP contribution < -0.4 is 11.3 Å². The summed E-state index contributed by atoms with van der Waals surface area (Å²) in [5.41, 5.74) is 7.93. The van der Waals surface area contributed by atoms with Crippen LogP contribution >= 0.6 is 0 Å². The summed E-state index contributed by atoms with van der Waals surface area (Å²) in [5.74, 6) is 0.177. The number of hydrogen-bond donors (Lipinski definition) is 2. The van der Waals surface area contributed by atoms with E-state index in [4.69, 9.17) is 10.8 Å². The molecule has 0 radical (unpaired) electrons. The van der Waals surface area contributed by atoms with Crippen LogP contribution in [0.25, 0.3) is 27.7 Å². The predicted molar refractivity (Wildman–Crippen MR) is 151 cm³/mol. The predicted octanol–water partition coefficient (Wildman–Crippen LogP) is 5.58. The van der Waals surface area contributed by atoms with Gasteiger partial charge in [-0.3, -0.25) is 14.0 Å². The number of aromatic nitrogens is 3. The number of rotatable bonds is 5. The Morgan fingerprint density at radius 2 is 1.80 bits per heavy atom. The quantitative estimate of drug-likeness (QED) is 0.168. The number of hydrogen-bond acceptors (Lipinski definition) is 4. The molecular weight excluding hydrogens is 531 g/mol. The molecule has 2 heterocycles. The molecule has 1 unspecified atom stereocenters. The molecule has 2 aromatic heterocycles. The normalized spacial score (nSPS) is 12.3. The molecule has 0 spiro atoms. The number of aliphatic imine (C=N–C) groups is 1. The van der Waals surface area contributed by atoms with Gasteiger partial charge >= 0.3 is 0 Å². The first kappa shape index (κ1) is 27.3. The van der Waals surface area contributed by atoms with E-state index >= 15 is 0 Å². The average Bonchev–Trinajstić information content (AvgIpc) is 3.30. The maximum atomic E-state index is 14.4. The van der Waals surface area contributed by atoms with Crippen molar-refractivity contribution in [1.29, 1.82) is 0 Å². The first-order chi connectivity index (χ1) is 19.6. The molecule has 3 aromatic carbocycles. The summed E-state index contributed by atoms with van der Waals surface area (Å²) in [4.78, 5) is 17.8. The third-order valence-electron chi connectivity index (χ3n) is 6.79. The van der Waals surface area contributed by atoms with Crippen molar-refractivity contribution in [3.05, 3.63) is 111 Å². The standard InChI is InChI=1S/C31H24F3N5O2/c1-4-12-36-30(35)28-18(3)39(37-29(28)20-9-11-27(40)25(34)13-20)17(2)26-14-19-8-10-22(33)16-24(19)31(41)38(26)23-7-5-6-21(32)15-23/h5-11,13-17,40H,1-3H3,(H2,35,36). The highest BCUT2D eigenvalue weighted by molar-refractivity contribution is 6.04. The van der Waals surface area contributed by atoms with E-state index in [0.29, 0.717) is 27.9 Å². The van der Waals surface area contributed by atoms with E-state index in [1.165, 1.54) is 47.0 Å². The lowest BCUT2D eigenvalue weighted by molar-refractivity contribution is 0.432. The molecule has 0 saturated carbocycles. The SMILES string of the molecule is CC#C/N=C(/N)c1c(-c2ccc(O)c(F)c2)nn(C(C)c2cc3ccc(F)cc3c(=O)n2-c2cccc(F)c2)c1C. The summed E-state index contributed by atoms with van der Waals surface area (Å²) >= 11 is 0. The summed E-state index contributed by atoms with van der Waals surface area (Å²) in [6.45, 7) is 5.12. The zero-order chi connectivity index (χ0) is 29.4. The Morgan fingerprint density at radius 1 is 1.05 bits per heavy atom. The van der Waals surface area contributed by atoms with Crippen LogP contribution in [0.2, 0.25) is 0 Å². The van der Waals surface area contributed by atoms with Crippen molar-refractivity contribution >= 4 is 16.6 Å². The first-order valence-electron chi connectivity index (χ1n) is 12.5. The summed E-state index contributed by atoms with van der Waals surface area (Å²) in [7, 11) is 0. The van der Waals surface area contributed by atoms with E-state index in [2.05, 4.69) is 17.0 Å². The molecule has 5 aromatic rings. The molecule has 10 heteroatoms. The van der Waals surface area contributed by atoms with Gasteiger partial charge in [0, 0.05) is 17.3 Å². The Labute approximate surface area is 233 Å². The molecule has 0 fully saturated rings. The van der Waals surface area contributed by atoms with Crippen molar-refractivity contribution in [1.82, 2.24) is 14.3 Å². The molecule has 0 amide bonds. The molecule has 3 N–H and O–H groups in total. The van der Waals surface area contributed by atoms with Gasteiger partial charge in [-0.1, -0.05) is 18.1 Å². The largest absolute Gasteiger partial charge is 0.505 e. The van der Waals surface area contributed by atoms with Crippen molar-refractivity contribution in [3.63, 3.8) is 0 Å². The topological polar surface area (TPSA) is 98.4 Å². The highest BCUT2D eigenvalue weighted by Crippen LogP contribution is 2.32. The van der Waals surface area contributed by atoms with Gasteiger partial charge in [-0.25, -0.2) is 13.2 Å². The second-order valence-electron chi connectivity index (χ2n) is 9.38. The van der Waals surface area contributed by atoms with Crippen LogP contribution in [-0.2, 0) is 0 Å². The van der Waals surface area contributed by atoms with Crippen molar-refractivity contribution < 1.29 is 18.3 Å². The Morgan fingerprint density at radius 3 is 2.51 bits per heavy atom. The number of halogens is 3. The number of amidine groups is 1. The van der Waals surface area contributed by atoms with Gasteiger partial charge in [-0.2, -0.15) is 10.1 Å². The molecule has 7 nitrogen and oxygen atoms in total. The van der Waals surface area contributed by atoms with E-state index in [-0.39, 0.29) is 22.6 Å². The van der Waals surface area contributed by atoms with E-state index < -0.39 is 34.8 Å². The van der Waals surface area contributed by atoms with Gasteiger partial charge in [0.1, 0.15) is 23.2 Å². The van der Waals surface area contributed by atoms with Crippen LogP contribution in [-0.4, -0.2) is 25.3 Å². The minimum atomic E-state index is -0.848. The van der Waals surface area contributed by atoms with Gasteiger partial charge < -0.3 is 10.8 Å². The van der Waals surface area contributed by atoms with Crippen LogP contribution in [0.15, 0.2) is 76.5 Å². The van der Waals surface area contributed by atoms with Crippen molar-refractivity contribution in [3.8, 4) is 34.7 Å². The lowest BCUT2D eigenvalue weighted by Crippen LogP contribution is -2.26. The number of aromatic hydroxyl groups is 1. The lowest BCUT2D eigenvalue weighted by Gasteiger charge is -2.21. The van der Waals surface area contributed by atoms with Crippen molar-refractivity contribution in [2.24, 2.45) is 10.7 Å². The minimum Gasteiger partial charge on any atom is -0.505 e. The van der Waals surface area contributed by atoms with Gasteiger partial charge in [0.05, 0.1) is 28.4 Å². The van der Waals surface area contributed by atoms with E-state index in [9.17, 15) is 23.1 Å². The summed E-state index contributed by atoms with van der Waals surface area (Å²) in [6, 6.07) is 16.8. The van der Waals surface area contributed by atoms with Crippen LogP contribution in [0.5, 0.6) is 5.75 Å². The van der Waals surface area contributed by atoms with Crippen LogP contribution in [0.4, 0.5) is 13.2 Å². The van der Waals surface area contributed by atoms with Crippen LogP contribution in [0.1, 0.15) is 36.8 Å². The smallest absolute Gasteiger partial charge is 0.263 e. The third-order valence-corrected chi connectivity index (χ3v) is 6.79. The van der Waals surface area contributed by atoms with Crippen LogP contribution in [0, 0.1) is 36.3 Å². The second kappa shape index (κ2) is 10.7. The molecule has 0 saturated heterocycles. The molecule has 0 bridgehead atoms. The zero-order valence-corrected chi connectivity index (χ0v) is 22.3. The number of pyridine rings is 1. The number of nitrogens with two attached hydrogens (primary N) is 1. The maximum Gasteiger partial charge on any atom is 0.263 e. The lowest BCUT2D eigenvalue weighted by atomic mass is 10.0. The average molecular weight is 556 g/mol. The minimum absolute atomic E-state index is 0.0373. The molecule has 206 valence electrons. The van der Waals surface area contributed by atoms with Gasteiger partial charge in [0.15, 0.2) is 11.6 Å². The Kier molecular flexibility index (Phi) is 7.11. The number of phenolic OH excluding ortho intramolecular Hbond substituents is 1. The van der Waals surface area contributed by atoms with Crippen LogP contribution in [0.3, 0.4) is 0 Å². The maximum absolute atomic E-state index is 14.4. The molecule has 0 aliphatic carbocycles. The highest BCUT2D eigenvalue weighted by atomic mass is 19.1. The molecule has 0 aliphatic heterocycles. The highest BCUT2D eigenvalue weighted by Gasteiger charge is 2.26. The van der Waals surface area contributed by atoms with E-state index in [1.54, 1.807) is 37.6 Å². The fraction of sp³-hybridized carbons (Fsp3) is 0.129. The molecular formula is C31H24F3N5O2. The Hall–Kier alpha value is -5.30. The van der Waals surface area contributed by atoms with Gasteiger partial charge in [-0.15, -0.1) is 0 Å². The number of nitrogens with zero attached hydrogens (tertiary/aromatic N) is 4. The zero-order valence-electron chi connectivity index (χ0n) is 22.3. The molecule has 5 rings (SSSR count). The Balaban J connectivity index is 1.80. The van der Waals surface area contributed by atoms with Crippen molar-refractivity contribution in [2.45, 2.75) is 26.8 Å². The monoisotopic (exact) mass is 555 g/mol. The Bertz CT molecular complexity index is 1980. The molecule has 41 heavy (non-hydrogen) atoms. The summed E-state index contributed by atoms with van der Waals surface area (Å²) < 4.78 is 45.7. The fourth-order valence-corrected chi connectivity index (χ4v) is 4.85. The molecule has 1 atom stereocenters. The summed E-state index contributed by atoms with van der Waals surface area (Å²) in [6.07, 6.45) is 0. The first-order valence-corrected chi connectivity index (χ1v) is 12.5. The summed E-state index contributed by atoms with van der Waals surface area (Å²) in [5, 5.41) is 15.1. The van der Waals surface area contributed by atoms with E-state index in [0.717, 1.165) is 12.1 Å². The second-order valence-corrected chi connectivity index (χ2v) is 9.38. The number of fused-ring (bicyclic) bond motifs is 1. The van der Waals surface area contributed by atoms with E-state index in [1.807, 2.05) is 0 Å². The van der Waals surface area contributed by atoms with Gasteiger partial charge in [0.25, 0.3) is 5.56 Å². The van der Waals surface area contributed by atoms with Crippen molar-refractivity contribution in [2.75, 3.05) is 0 Å². The number of phenols is 1. The molecule has 0 aliphatic rings. The number of benzene rings is 3. The third kappa shape index (κ3) is 4.94. The van der Waals surface area contributed by atoms with Gasteiger partial charge in [0.2, 0.25) is 0 Å².